The molecule has 2 aliphatic heterocycles. The van der Waals surface area contributed by atoms with Gasteiger partial charge in [-0.25, -0.2) is 4.79 Å². The number of hydrogen-bond donors (Lipinski definition) is 2. The minimum absolute atomic E-state index is 0.224. The molecule has 2 aromatic rings. The van der Waals surface area contributed by atoms with Gasteiger partial charge >= 0.3 is 5.97 Å². The molecule has 0 bridgehead atoms. The number of anilines is 1. The van der Waals surface area contributed by atoms with Gasteiger partial charge in [-0.1, -0.05) is 61.9 Å². The number of nitrogens with zero attached hydrogens (tertiary/aromatic N) is 1. The number of hydrogen-bond acceptors (Lipinski definition) is 3. The molecule has 1 spiro atoms. The molecule has 0 saturated carbocycles. The molecule has 0 amide bonds. The average molecular weight is 374 g/mol. The molecular formula is C24H26N2O2. The third-order valence-corrected chi connectivity index (χ3v) is 7.03. The van der Waals surface area contributed by atoms with Gasteiger partial charge in [-0.15, -0.1) is 0 Å². The quantitative estimate of drug-likeness (QED) is 0.833. The number of para-hydroxylation sites is 1. The number of benzene rings is 2. The molecule has 1 saturated heterocycles. The van der Waals surface area contributed by atoms with E-state index in [1.54, 1.807) is 0 Å². The topological polar surface area (TPSA) is 52.6 Å². The minimum Gasteiger partial charge on any atom is -0.478 e. The number of carboxylic acids is 1. The van der Waals surface area contributed by atoms with Crippen LogP contribution in [-0.4, -0.2) is 28.6 Å². The standard InChI is InChI=1S/C24H26N2O2/c1-2-17-14-18(23(27)28)21-24(19-10-6-7-11-20(19)25-21)12-13-26(22(17)24)15-16-8-4-3-5-9-16/h3-11,17,22,25H,2,12-15H2,1H3,(H,27,28). The molecule has 144 valence electrons. The van der Waals surface area contributed by atoms with E-state index in [-0.39, 0.29) is 5.41 Å². The Morgan fingerprint density at radius 2 is 1.93 bits per heavy atom. The third-order valence-electron chi connectivity index (χ3n) is 7.03. The van der Waals surface area contributed by atoms with Crippen molar-refractivity contribution in [2.75, 3.05) is 11.9 Å². The maximum atomic E-state index is 12.2. The van der Waals surface area contributed by atoms with Gasteiger partial charge in [0.15, 0.2) is 0 Å². The predicted molar refractivity (Wildman–Crippen MR) is 110 cm³/mol. The number of carbonyl (C=O) groups is 1. The van der Waals surface area contributed by atoms with Crippen LogP contribution in [-0.2, 0) is 16.8 Å². The first-order valence-corrected chi connectivity index (χ1v) is 10.3. The van der Waals surface area contributed by atoms with Crippen LogP contribution in [0.15, 0.2) is 65.9 Å². The normalized spacial score (nSPS) is 28.5. The van der Waals surface area contributed by atoms with Gasteiger partial charge < -0.3 is 10.4 Å². The fourth-order valence-electron chi connectivity index (χ4n) is 5.93. The summed E-state index contributed by atoms with van der Waals surface area (Å²) in [6, 6.07) is 19.4. The van der Waals surface area contributed by atoms with Crippen molar-refractivity contribution in [1.29, 1.82) is 0 Å². The Bertz CT molecular complexity index is 952. The first kappa shape index (κ1) is 17.5. The number of nitrogens with one attached hydrogen (secondary N) is 1. The Kier molecular flexibility index (Phi) is 4.06. The van der Waals surface area contributed by atoms with Gasteiger partial charge in [0, 0.05) is 30.5 Å². The first-order chi connectivity index (χ1) is 13.6. The van der Waals surface area contributed by atoms with E-state index < -0.39 is 5.97 Å². The highest BCUT2D eigenvalue weighted by atomic mass is 16.4. The van der Waals surface area contributed by atoms with Crippen molar-refractivity contribution in [1.82, 2.24) is 4.90 Å². The Morgan fingerprint density at radius 3 is 2.68 bits per heavy atom. The minimum atomic E-state index is -0.770. The second kappa shape index (κ2) is 6.49. The average Bonchev–Trinajstić information content (AvgIpc) is 3.25. The second-order valence-corrected chi connectivity index (χ2v) is 8.32. The monoisotopic (exact) mass is 374 g/mol. The summed E-state index contributed by atoms with van der Waals surface area (Å²) in [6.45, 7) is 4.11. The van der Waals surface area contributed by atoms with E-state index in [4.69, 9.17) is 0 Å². The van der Waals surface area contributed by atoms with Crippen molar-refractivity contribution < 1.29 is 9.90 Å². The van der Waals surface area contributed by atoms with Gasteiger partial charge in [-0.2, -0.15) is 0 Å². The summed E-state index contributed by atoms with van der Waals surface area (Å²) in [6.07, 6.45) is 2.60. The molecule has 2 heterocycles. The predicted octanol–water partition coefficient (Wildman–Crippen LogP) is 4.39. The number of aliphatic carboxylic acids is 1. The smallest absolute Gasteiger partial charge is 0.333 e. The number of fused-ring (bicyclic) bond motifs is 1. The van der Waals surface area contributed by atoms with E-state index in [0.717, 1.165) is 37.3 Å². The molecule has 5 rings (SSSR count). The molecule has 1 fully saturated rings. The molecule has 0 radical (unpaired) electrons. The highest BCUT2D eigenvalue weighted by molar-refractivity contribution is 5.91. The maximum Gasteiger partial charge on any atom is 0.333 e. The summed E-state index contributed by atoms with van der Waals surface area (Å²) in [7, 11) is 0. The lowest BCUT2D eigenvalue weighted by atomic mass is 9.63. The van der Waals surface area contributed by atoms with Crippen LogP contribution in [0.3, 0.4) is 0 Å². The van der Waals surface area contributed by atoms with Crippen molar-refractivity contribution in [3.05, 3.63) is 77.0 Å². The van der Waals surface area contributed by atoms with Gasteiger partial charge in [-0.05, 0) is 36.0 Å². The fourth-order valence-corrected chi connectivity index (χ4v) is 5.93. The van der Waals surface area contributed by atoms with E-state index in [1.807, 2.05) is 6.07 Å². The van der Waals surface area contributed by atoms with Crippen LogP contribution >= 0.6 is 0 Å². The van der Waals surface area contributed by atoms with Gasteiger partial charge in [0.05, 0.1) is 11.0 Å². The molecule has 1 aliphatic carbocycles. The first-order valence-electron chi connectivity index (χ1n) is 10.3. The van der Waals surface area contributed by atoms with E-state index in [1.165, 1.54) is 11.1 Å². The maximum absolute atomic E-state index is 12.2. The van der Waals surface area contributed by atoms with Crippen LogP contribution in [0.4, 0.5) is 5.69 Å². The molecule has 3 unspecified atom stereocenters. The molecule has 0 aromatic heterocycles. The van der Waals surface area contributed by atoms with Crippen LogP contribution in [0.2, 0.25) is 0 Å². The third kappa shape index (κ3) is 2.37. The zero-order valence-corrected chi connectivity index (χ0v) is 16.2. The molecule has 2 aromatic carbocycles. The summed E-state index contributed by atoms with van der Waals surface area (Å²) in [4.78, 5) is 14.8. The molecule has 4 heteroatoms. The van der Waals surface area contributed by atoms with Gasteiger partial charge in [0.25, 0.3) is 0 Å². The zero-order chi connectivity index (χ0) is 19.3. The largest absolute Gasteiger partial charge is 0.478 e. The number of carboxylic acid groups (broad SMARTS) is 1. The molecule has 2 N–H and O–H groups in total. The van der Waals surface area contributed by atoms with Crippen LogP contribution in [0, 0.1) is 5.92 Å². The Labute approximate surface area is 165 Å². The lowest BCUT2D eigenvalue weighted by molar-refractivity contribution is -0.133. The molecule has 4 nitrogen and oxygen atoms in total. The Balaban J connectivity index is 1.65. The second-order valence-electron chi connectivity index (χ2n) is 8.32. The summed E-state index contributed by atoms with van der Waals surface area (Å²) in [5.74, 6) is -0.429. The Morgan fingerprint density at radius 1 is 1.18 bits per heavy atom. The summed E-state index contributed by atoms with van der Waals surface area (Å²) in [5.41, 5.74) is 5.00. The van der Waals surface area contributed by atoms with Crippen molar-refractivity contribution >= 4 is 11.7 Å². The van der Waals surface area contributed by atoms with E-state index in [0.29, 0.717) is 24.0 Å². The van der Waals surface area contributed by atoms with Crippen LogP contribution in [0.5, 0.6) is 0 Å². The fraction of sp³-hybridized carbons (Fsp3) is 0.375. The van der Waals surface area contributed by atoms with E-state index in [2.05, 4.69) is 65.7 Å². The molecule has 3 aliphatic rings. The number of likely N-dealkylation sites (tertiary alicyclic amines) is 1. The summed E-state index contributed by atoms with van der Waals surface area (Å²) < 4.78 is 0. The lowest BCUT2D eigenvalue weighted by Crippen LogP contribution is -2.51. The zero-order valence-electron chi connectivity index (χ0n) is 16.2. The molecular weight excluding hydrogens is 348 g/mol. The van der Waals surface area contributed by atoms with Crippen LogP contribution in [0.1, 0.15) is 37.3 Å². The SMILES string of the molecule is CCC1CC(C(=O)O)=C2Nc3ccccc3C23CCN(Cc2ccccc2)C13. The van der Waals surface area contributed by atoms with Crippen LogP contribution < -0.4 is 5.32 Å². The summed E-state index contributed by atoms with van der Waals surface area (Å²) in [5, 5.41) is 13.5. The van der Waals surface area contributed by atoms with Crippen molar-refractivity contribution in [2.45, 2.75) is 44.2 Å². The van der Waals surface area contributed by atoms with Gasteiger partial charge in [0.1, 0.15) is 0 Å². The van der Waals surface area contributed by atoms with Crippen molar-refractivity contribution in [2.24, 2.45) is 5.92 Å². The molecule has 3 atom stereocenters. The lowest BCUT2D eigenvalue weighted by Gasteiger charge is -2.45. The number of rotatable bonds is 4. The highest BCUT2D eigenvalue weighted by Crippen LogP contribution is 2.59. The van der Waals surface area contributed by atoms with Crippen molar-refractivity contribution in [3.63, 3.8) is 0 Å². The van der Waals surface area contributed by atoms with Gasteiger partial charge in [0.2, 0.25) is 0 Å². The summed E-state index contributed by atoms with van der Waals surface area (Å²) >= 11 is 0. The van der Waals surface area contributed by atoms with Gasteiger partial charge in [-0.3, -0.25) is 4.90 Å². The molecule has 28 heavy (non-hydrogen) atoms. The van der Waals surface area contributed by atoms with E-state index in [9.17, 15) is 9.90 Å². The highest BCUT2D eigenvalue weighted by Gasteiger charge is 2.60. The van der Waals surface area contributed by atoms with Crippen LogP contribution in [0.25, 0.3) is 0 Å². The van der Waals surface area contributed by atoms with Crippen molar-refractivity contribution in [3.8, 4) is 0 Å². The van der Waals surface area contributed by atoms with E-state index >= 15 is 0 Å². The Hall–Kier alpha value is -2.59.